The zero-order valence-electron chi connectivity index (χ0n) is 15.8. The summed E-state index contributed by atoms with van der Waals surface area (Å²) in [6, 6.07) is 17.3. The monoisotopic (exact) mass is 405 g/mol. The Bertz CT molecular complexity index is 1210. The van der Waals surface area contributed by atoms with Gasteiger partial charge >= 0.3 is 0 Å². The molecule has 0 spiro atoms. The van der Waals surface area contributed by atoms with Gasteiger partial charge in [-0.05, 0) is 23.3 Å². The van der Waals surface area contributed by atoms with Crippen molar-refractivity contribution in [3.8, 4) is 16.9 Å². The number of carbonyl (C=O) groups is 1. The molecule has 4 rings (SSSR count). The predicted molar refractivity (Wildman–Crippen MR) is 114 cm³/mol. The maximum absolute atomic E-state index is 12.8. The van der Waals surface area contributed by atoms with Gasteiger partial charge in [0.2, 0.25) is 5.91 Å². The van der Waals surface area contributed by atoms with Crippen LogP contribution in [0.4, 0.5) is 0 Å². The maximum Gasteiger partial charge on any atom is 0.271 e. The van der Waals surface area contributed by atoms with Crippen molar-refractivity contribution in [3.05, 3.63) is 82.2 Å². The molecule has 0 saturated carbocycles. The largest absolute Gasteiger partial charge is 0.497 e. The summed E-state index contributed by atoms with van der Waals surface area (Å²) in [7, 11) is 1.60. The van der Waals surface area contributed by atoms with Crippen LogP contribution in [-0.4, -0.2) is 22.6 Å². The van der Waals surface area contributed by atoms with Crippen molar-refractivity contribution in [1.82, 2.24) is 14.9 Å². The summed E-state index contributed by atoms with van der Waals surface area (Å²) < 4.78 is 7.07. The third kappa shape index (κ3) is 4.05. The van der Waals surface area contributed by atoms with Crippen molar-refractivity contribution in [3.63, 3.8) is 0 Å². The van der Waals surface area contributed by atoms with Gasteiger partial charge in [0.15, 0.2) is 0 Å². The summed E-state index contributed by atoms with van der Waals surface area (Å²) in [5.74, 6) is 0.477. The number of aromatic nitrogens is 2. The average Bonchev–Trinajstić information content (AvgIpc) is 3.20. The molecule has 6 nitrogen and oxygen atoms in total. The SMILES string of the molecule is COc1cccc(CNC(=O)Cn2cnc3c(-c4ccccc4)csc3c2=O)c1. The number of hydrogen-bond donors (Lipinski definition) is 1. The number of hydrogen-bond acceptors (Lipinski definition) is 5. The first-order valence-corrected chi connectivity index (χ1v) is 9.95. The predicted octanol–water partition coefficient (Wildman–Crippen LogP) is 3.45. The fourth-order valence-corrected chi connectivity index (χ4v) is 4.05. The van der Waals surface area contributed by atoms with Crippen molar-refractivity contribution in [2.75, 3.05) is 7.11 Å². The van der Waals surface area contributed by atoms with Gasteiger partial charge in [0.1, 0.15) is 17.0 Å². The van der Waals surface area contributed by atoms with E-state index in [9.17, 15) is 9.59 Å². The van der Waals surface area contributed by atoms with E-state index in [4.69, 9.17) is 4.74 Å². The van der Waals surface area contributed by atoms with E-state index < -0.39 is 0 Å². The molecule has 4 aromatic rings. The average molecular weight is 405 g/mol. The van der Waals surface area contributed by atoms with E-state index in [0.29, 0.717) is 16.8 Å². The van der Waals surface area contributed by atoms with Crippen LogP contribution in [0.2, 0.25) is 0 Å². The summed E-state index contributed by atoms with van der Waals surface area (Å²) in [6.45, 7) is 0.280. The molecule has 0 aliphatic rings. The van der Waals surface area contributed by atoms with Crippen molar-refractivity contribution in [2.45, 2.75) is 13.1 Å². The Hall–Kier alpha value is -3.45. The molecule has 146 valence electrons. The lowest BCUT2D eigenvalue weighted by Crippen LogP contribution is -2.31. The van der Waals surface area contributed by atoms with Gasteiger partial charge in [-0.15, -0.1) is 11.3 Å². The van der Waals surface area contributed by atoms with E-state index in [-0.39, 0.29) is 18.0 Å². The number of rotatable bonds is 6. The van der Waals surface area contributed by atoms with Crippen molar-refractivity contribution >= 4 is 27.5 Å². The first-order valence-electron chi connectivity index (χ1n) is 9.07. The van der Waals surface area contributed by atoms with Crippen LogP contribution in [0.3, 0.4) is 0 Å². The van der Waals surface area contributed by atoms with Crippen LogP contribution in [0.1, 0.15) is 5.56 Å². The molecule has 0 saturated heterocycles. The third-order valence-corrected chi connectivity index (χ3v) is 5.53. The van der Waals surface area contributed by atoms with Gasteiger partial charge in [0, 0.05) is 17.5 Å². The molecule has 0 atom stereocenters. The van der Waals surface area contributed by atoms with Gasteiger partial charge in [0.25, 0.3) is 5.56 Å². The highest BCUT2D eigenvalue weighted by Gasteiger charge is 2.13. The lowest BCUT2D eigenvalue weighted by Gasteiger charge is -2.08. The van der Waals surface area contributed by atoms with E-state index >= 15 is 0 Å². The lowest BCUT2D eigenvalue weighted by atomic mass is 10.1. The number of nitrogens with zero attached hydrogens (tertiary/aromatic N) is 2. The summed E-state index contributed by atoms with van der Waals surface area (Å²) in [4.78, 5) is 29.6. The zero-order chi connectivity index (χ0) is 20.2. The molecule has 0 fully saturated rings. The van der Waals surface area contributed by atoms with Gasteiger partial charge in [-0.1, -0.05) is 42.5 Å². The Morgan fingerprint density at radius 2 is 2.00 bits per heavy atom. The number of benzene rings is 2. The van der Waals surface area contributed by atoms with Crippen LogP contribution in [0, 0.1) is 0 Å². The van der Waals surface area contributed by atoms with E-state index in [1.807, 2.05) is 60.0 Å². The van der Waals surface area contributed by atoms with Crippen LogP contribution < -0.4 is 15.6 Å². The Labute approximate surface area is 171 Å². The van der Waals surface area contributed by atoms with Gasteiger partial charge in [0.05, 0.1) is 19.0 Å². The zero-order valence-corrected chi connectivity index (χ0v) is 16.6. The molecule has 0 bridgehead atoms. The van der Waals surface area contributed by atoms with E-state index in [1.54, 1.807) is 7.11 Å². The minimum absolute atomic E-state index is 0.0791. The molecule has 0 radical (unpaired) electrons. The Kier molecular flexibility index (Phi) is 5.39. The molecule has 2 aromatic heterocycles. The summed E-state index contributed by atoms with van der Waals surface area (Å²) in [5.41, 5.74) is 3.32. The molecule has 1 N–H and O–H groups in total. The Morgan fingerprint density at radius 1 is 1.17 bits per heavy atom. The van der Waals surface area contributed by atoms with Crippen molar-refractivity contribution in [2.24, 2.45) is 0 Å². The molecule has 0 unspecified atom stereocenters. The standard InChI is InChI=1S/C22H19N3O3S/c1-28-17-9-5-6-15(10-17)11-23-19(26)12-25-14-24-20-18(13-29-21(20)22(25)27)16-7-3-2-4-8-16/h2-10,13-14H,11-12H2,1H3,(H,23,26). The minimum Gasteiger partial charge on any atom is -0.497 e. The number of nitrogens with one attached hydrogen (secondary N) is 1. The molecular weight excluding hydrogens is 386 g/mol. The van der Waals surface area contributed by atoms with Crippen LogP contribution in [0.15, 0.2) is 71.1 Å². The first-order chi connectivity index (χ1) is 14.2. The summed E-state index contributed by atoms with van der Waals surface area (Å²) in [5, 5.41) is 4.76. The number of thiophene rings is 1. The van der Waals surface area contributed by atoms with Gasteiger partial charge in [-0.3, -0.25) is 14.2 Å². The van der Waals surface area contributed by atoms with Crippen molar-refractivity contribution in [1.29, 1.82) is 0 Å². The fraction of sp³-hybridized carbons (Fsp3) is 0.136. The molecule has 7 heteroatoms. The summed E-state index contributed by atoms with van der Waals surface area (Å²) in [6.07, 6.45) is 1.44. The van der Waals surface area contributed by atoms with Crippen LogP contribution in [-0.2, 0) is 17.9 Å². The second-order valence-corrected chi connectivity index (χ2v) is 7.38. The Morgan fingerprint density at radius 3 is 2.79 bits per heavy atom. The minimum atomic E-state index is -0.254. The summed E-state index contributed by atoms with van der Waals surface area (Å²) >= 11 is 1.35. The number of carbonyl (C=O) groups excluding carboxylic acids is 1. The number of amides is 1. The second-order valence-electron chi connectivity index (χ2n) is 6.50. The van der Waals surface area contributed by atoms with Crippen LogP contribution in [0.25, 0.3) is 21.3 Å². The number of methoxy groups -OCH3 is 1. The normalized spacial score (nSPS) is 10.8. The Balaban J connectivity index is 1.50. The molecule has 0 aliphatic heterocycles. The molecule has 0 aliphatic carbocycles. The lowest BCUT2D eigenvalue weighted by molar-refractivity contribution is -0.121. The quantitative estimate of drug-likeness (QED) is 0.533. The second kappa shape index (κ2) is 8.28. The molecule has 1 amide bonds. The third-order valence-electron chi connectivity index (χ3n) is 4.57. The van der Waals surface area contributed by atoms with Crippen LogP contribution in [0.5, 0.6) is 5.75 Å². The molecule has 2 heterocycles. The maximum atomic E-state index is 12.8. The van der Waals surface area contributed by atoms with Crippen LogP contribution >= 0.6 is 11.3 Å². The fourth-order valence-electron chi connectivity index (χ4n) is 3.07. The van der Waals surface area contributed by atoms with Gasteiger partial charge < -0.3 is 10.1 Å². The number of ether oxygens (including phenoxy) is 1. The van der Waals surface area contributed by atoms with Gasteiger partial charge in [-0.2, -0.15) is 0 Å². The smallest absolute Gasteiger partial charge is 0.271 e. The highest BCUT2D eigenvalue weighted by atomic mass is 32.1. The van der Waals surface area contributed by atoms with E-state index in [1.165, 1.54) is 22.2 Å². The van der Waals surface area contributed by atoms with Crippen molar-refractivity contribution < 1.29 is 9.53 Å². The molecular formula is C22H19N3O3S. The highest BCUT2D eigenvalue weighted by Crippen LogP contribution is 2.30. The first kappa shape index (κ1) is 18.9. The molecule has 2 aromatic carbocycles. The number of fused-ring (bicyclic) bond motifs is 1. The topological polar surface area (TPSA) is 73.2 Å². The van der Waals surface area contributed by atoms with Gasteiger partial charge in [-0.25, -0.2) is 4.98 Å². The highest BCUT2D eigenvalue weighted by molar-refractivity contribution is 7.17. The van der Waals surface area contributed by atoms with E-state index in [0.717, 1.165) is 22.4 Å². The molecule has 29 heavy (non-hydrogen) atoms. The van der Waals surface area contributed by atoms with E-state index in [2.05, 4.69) is 10.3 Å².